The molecule has 2 heterocycles. The van der Waals surface area contributed by atoms with Crippen LogP contribution in [0.15, 0.2) is 59.7 Å². The fourth-order valence-electron chi connectivity index (χ4n) is 3.45. The summed E-state index contributed by atoms with van der Waals surface area (Å²) in [5, 5.41) is 11.4. The number of amides is 1. The lowest BCUT2D eigenvalue weighted by atomic mass is 10.0. The Hall–Kier alpha value is -3.81. The first-order valence-corrected chi connectivity index (χ1v) is 9.90. The van der Waals surface area contributed by atoms with Crippen molar-refractivity contribution in [2.24, 2.45) is 0 Å². The van der Waals surface area contributed by atoms with Crippen molar-refractivity contribution in [3.8, 4) is 11.3 Å². The summed E-state index contributed by atoms with van der Waals surface area (Å²) < 4.78 is 15.6. The summed E-state index contributed by atoms with van der Waals surface area (Å²) in [6.07, 6.45) is 1.42. The van der Waals surface area contributed by atoms with Gasteiger partial charge in [0.15, 0.2) is 0 Å². The molecular weight excluding hydrogens is 397 g/mol. The van der Waals surface area contributed by atoms with Gasteiger partial charge < -0.3 is 5.32 Å². The normalized spacial score (nSPS) is 12.1. The van der Waals surface area contributed by atoms with Gasteiger partial charge >= 0.3 is 0 Å². The second-order valence-electron chi connectivity index (χ2n) is 7.61. The fourth-order valence-corrected chi connectivity index (χ4v) is 3.45. The molecule has 8 heteroatoms. The van der Waals surface area contributed by atoms with E-state index < -0.39 is 5.56 Å². The Kier molecular flexibility index (Phi) is 5.37. The van der Waals surface area contributed by atoms with Gasteiger partial charge in [0.25, 0.3) is 5.56 Å². The molecule has 0 aliphatic heterocycles. The third-order valence-electron chi connectivity index (χ3n) is 5.20. The average molecular weight is 419 g/mol. The Morgan fingerprint density at radius 3 is 2.61 bits per heavy atom. The first-order chi connectivity index (χ1) is 14.8. The van der Waals surface area contributed by atoms with Gasteiger partial charge in [-0.2, -0.15) is 10.2 Å². The second-order valence-corrected chi connectivity index (χ2v) is 7.61. The van der Waals surface area contributed by atoms with E-state index in [0.29, 0.717) is 11.2 Å². The molecule has 0 bridgehead atoms. The van der Waals surface area contributed by atoms with Gasteiger partial charge in [0, 0.05) is 5.56 Å². The lowest BCUT2D eigenvalue weighted by Gasteiger charge is -2.14. The molecule has 7 nitrogen and oxygen atoms in total. The first kappa shape index (κ1) is 20.5. The van der Waals surface area contributed by atoms with Crippen molar-refractivity contribution >= 4 is 11.4 Å². The topological polar surface area (TPSA) is 81.3 Å². The van der Waals surface area contributed by atoms with E-state index in [4.69, 9.17) is 0 Å². The molecule has 0 aliphatic rings. The van der Waals surface area contributed by atoms with E-state index in [1.807, 2.05) is 32.0 Å². The van der Waals surface area contributed by atoms with Crippen molar-refractivity contribution in [3.63, 3.8) is 0 Å². The summed E-state index contributed by atoms with van der Waals surface area (Å²) in [6.45, 7) is 5.55. The van der Waals surface area contributed by atoms with E-state index in [1.165, 1.54) is 23.0 Å². The summed E-state index contributed by atoms with van der Waals surface area (Å²) in [5.74, 6) is -0.711. The largest absolute Gasteiger partial charge is 0.348 e. The van der Waals surface area contributed by atoms with Crippen LogP contribution in [0.5, 0.6) is 0 Å². The predicted molar refractivity (Wildman–Crippen MR) is 115 cm³/mol. The Morgan fingerprint density at radius 2 is 1.87 bits per heavy atom. The van der Waals surface area contributed by atoms with E-state index >= 15 is 0 Å². The monoisotopic (exact) mass is 419 g/mol. The maximum atomic E-state index is 13.1. The Balaban J connectivity index is 1.56. The van der Waals surface area contributed by atoms with Gasteiger partial charge in [0.05, 0.1) is 11.7 Å². The first-order valence-electron chi connectivity index (χ1n) is 9.90. The summed E-state index contributed by atoms with van der Waals surface area (Å²) in [4.78, 5) is 25.3. The molecule has 1 amide bonds. The molecule has 1 atom stereocenters. The van der Waals surface area contributed by atoms with Crippen molar-refractivity contribution in [2.45, 2.75) is 33.4 Å². The number of hydrogen-bond acceptors (Lipinski definition) is 4. The van der Waals surface area contributed by atoms with E-state index in [-0.39, 0.29) is 24.3 Å². The second kappa shape index (κ2) is 8.14. The lowest BCUT2D eigenvalue weighted by molar-refractivity contribution is -0.122. The smallest absolute Gasteiger partial charge is 0.293 e. The van der Waals surface area contributed by atoms with Gasteiger partial charge in [-0.25, -0.2) is 13.6 Å². The molecule has 0 saturated carbocycles. The van der Waals surface area contributed by atoms with Crippen molar-refractivity contribution in [3.05, 3.63) is 87.7 Å². The van der Waals surface area contributed by atoms with Crippen LogP contribution in [-0.4, -0.2) is 25.3 Å². The number of halogens is 1. The molecule has 158 valence electrons. The minimum absolute atomic E-state index is 0.231. The van der Waals surface area contributed by atoms with Gasteiger partial charge in [0.1, 0.15) is 24.2 Å². The molecule has 1 N–H and O–H groups in total. The van der Waals surface area contributed by atoms with Crippen LogP contribution in [0.4, 0.5) is 4.39 Å². The van der Waals surface area contributed by atoms with E-state index in [1.54, 1.807) is 25.1 Å². The van der Waals surface area contributed by atoms with Gasteiger partial charge in [0.2, 0.25) is 5.91 Å². The molecule has 4 rings (SSSR count). The van der Waals surface area contributed by atoms with Crippen molar-refractivity contribution < 1.29 is 9.18 Å². The van der Waals surface area contributed by atoms with E-state index in [2.05, 4.69) is 15.5 Å². The maximum absolute atomic E-state index is 13.1. The minimum Gasteiger partial charge on any atom is -0.348 e. The third-order valence-corrected chi connectivity index (χ3v) is 5.20. The summed E-state index contributed by atoms with van der Waals surface area (Å²) >= 11 is 0. The molecule has 0 spiro atoms. The van der Waals surface area contributed by atoms with Crippen molar-refractivity contribution in [1.29, 1.82) is 0 Å². The van der Waals surface area contributed by atoms with E-state index in [9.17, 15) is 14.0 Å². The Bertz CT molecular complexity index is 1320. The lowest BCUT2D eigenvalue weighted by Crippen LogP contribution is -2.35. The number of nitrogens with one attached hydrogen (secondary N) is 1. The highest BCUT2D eigenvalue weighted by molar-refractivity contribution is 5.76. The SMILES string of the molecule is Cc1ccc(C)c(-c2cc3c(=O)n(CC(=O)N[C@H](C)c4ccc(F)cc4)ncn3n2)c1. The standard InChI is InChI=1S/C23H22FN5O2/c1-14-4-5-15(2)19(10-14)20-11-21-23(31)28(25-13-29(21)27-20)12-22(30)26-16(3)17-6-8-18(24)9-7-17/h4-11,13,16H,12H2,1-3H3,(H,26,30)/t16-/m1/s1. The van der Waals surface area contributed by atoms with Crippen LogP contribution in [0.25, 0.3) is 16.8 Å². The number of nitrogens with zero attached hydrogens (tertiary/aromatic N) is 4. The molecule has 0 aliphatic carbocycles. The van der Waals surface area contributed by atoms with Crippen LogP contribution in [0.2, 0.25) is 0 Å². The van der Waals surface area contributed by atoms with Crippen LogP contribution in [0, 0.1) is 19.7 Å². The van der Waals surface area contributed by atoms with Crippen LogP contribution >= 0.6 is 0 Å². The molecule has 0 fully saturated rings. The van der Waals surface area contributed by atoms with Crippen LogP contribution in [0.3, 0.4) is 0 Å². The molecule has 2 aromatic heterocycles. The highest BCUT2D eigenvalue weighted by Gasteiger charge is 2.15. The number of benzene rings is 2. The quantitative estimate of drug-likeness (QED) is 0.539. The average Bonchev–Trinajstić information content (AvgIpc) is 3.17. The molecule has 0 unspecified atom stereocenters. The summed E-state index contributed by atoms with van der Waals surface area (Å²) in [5.41, 5.74) is 4.46. The molecule has 2 aromatic carbocycles. The zero-order valence-electron chi connectivity index (χ0n) is 17.5. The number of hydrogen-bond donors (Lipinski definition) is 1. The number of aryl methyl sites for hydroxylation is 2. The van der Waals surface area contributed by atoms with Crippen molar-refractivity contribution in [1.82, 2.24) is 24.7 Å². The third kappa shape index (κ3) is 4.23. The van der Waals surface area contributed by atoms with Gasteiger partial charge in [-0.15, -0.1) is 0 Å². The minimum atomic E-state index is -0.406. The number of rotatable bonds is 5. The van der Waals surface area contributed by atoms with Crippen LogP contribution in [0.1, 0.15) is 29.7 Å². The van der Waals surface area contributed by atoms with Crippen LogP contribution in [-0.2, 0) is 11.3 Å². The van der Waals surface area contributed by atoms with Crippen LogP contribution < -0.4 is 10.9 Å². The van der Waals surface area contributed by atoms with Gasteiger partial charge in [-0.1, -0.05) is 29.8 Å². The predicted octanol–water partition coefficient (Wildman–Crippen LogP) is 3.19. The highest BCUT2D eigenvalue weighted by atomic mass is 19.1. The molecular formula is C23H22FN5O2. The highest BCUT2D eigenvalue weighted by Crippen LogP contribution is 2.23. The maximum Gasteiger partial charge on any atom is 0.293 e. The molecule has 4 aromatic rings. The Morgan fingerprint density at radius 1 is 1.13 bits per heavy atom. The molecule has 31 heavy (non-hydrogen) atoms. The number of aromatic nitrogens is 4. The summed E-state index contributed by atoms with van der Waals surface area (Å²) in [6, 6.07) is 13.3. The molecule has 0 saturated heterocycles. The fraction of sp³-hybridized carbons (Fsp3) is 0.217. The number of carbonyl (C=O) groups excluding carboxylic acids is 1. The van der Waals surface area contributed by atoms with Gasteiger partial charge in [-0.05, 0) is 56.2 Å². The summed E-state index contributed by atoms with van der Waals surface area (Å²) in [7, 11) is 0. The zero-order valence-corrected chi connectivity index (χ0v) is 17.5. The number of fused-ring (bicyclic) bond motifs is 1. The van der Waals surface area contributed by atoms with Gasteiger partial charge in [-0.3, -0.25) is 9.59 Å². The molecule has 0 radical (unpaired) electrons. The Labute approximate surface area is 178 Å². The van der Waals surface area contributed by atoms with E-state index in [0.717, 1.165) is 26.9 Å². The van der Waals surface area contributed by atoms with Crippen molar-refractivity contribution in [2.75, 3.05) is 0 Å². The number of carbonyl (C=O) groups is 1. The zero-order chi connectivity index (χ0) is 22.1.